The average molecular weight is 276 g/mol. The van der Waals surface area contributed by atoms with Crippen LogP contribution < -0.4 is 11.1 Å². The number of nitrogens with one attached hydrogen (secondary N) is 1. The maximum absolute atomic E-state index is 12.1. The highest BCUT2D eigenvalue weighted by atomic mass is 32.1. The maximum atomic E-state index is 12.1. The van der Waals surface area contributed by atoms with Crippen molar-refractivity contribution in [3.8, 4) is 0 Å². The first-order valence-electron chi connectivity index (χ1n) is 6.41. The minimum Gasteiger partial charge on any atom is -0.399 e. The summed E-state index contributed by atoms with van der Waals surface area (Å²) in [7, 11) is 0. The van der Waals surface area contributed by atoms with Crippen LogP contribution in [0.2, 0.25) is 0 Å². The third-order valence-electron chi connectivity index (χ3n) is 3.28. The van der Waals surface area contributed by atoms with E-state index in [9.17, 15) is 4.79 Å². The van der Waals surface area contributed by atoms with Crippen molar-refractivity contribution in [3.05, 3.63) is 29.1 Å². The van der Waals surface area contributed by atoms with E-state index in [4.69, 9.17) is 10.5 Å². The molecule has 0 bridgehead atoms. The number of nitrogens with two attached hydrogens (primary N) is 1. The van der Waals surface area contributed by atoms with E-state index in [0.29, 0.717) is 6.54 Å². The molecule has 1 unspecified atom stereocenters. The van der Waals surface area contributed by atoms with Gasteiger partial charge in [-0.1, -0.05) is 0 Å². The number of amides is 1. The predicted molar refractivity (Wildman–Crippen MR) is 77.5 cm³/mol. The standard InChI is InChI=1S/C14H16N2O2S/c15-10-3-4-12-9(6-10)7-13(19-12)14(17)16-8-11-2-1-5-18-11/h3-4,6-7,11H,1-2,5,8,15H2,(H,16,17). The van der Waals surface area contributed by atoms with Gasteiger partial charge < -0.3 is 15.8 Å². The van der Waals surface area contributed by atoms with Crippen molar-refractivity contribution in [3.63, 3.8) is 0 Å². The normalized spacial score (nSPS) is 18.8. The van der Waals surface area contributed by atoms with Gasteiger partial charge in [-0.25, -0.2) is 0 Å². The second-order valence-electron chi connectivity index (χ2n) is 4.75. The Morgan fingerprint density at radius 2 is 2.37 bits per heavy atom. The van der Waals surface area contributed by atoms with Crippen LogP contribution in [0.4, 0.5) is 5.69 Å². The molecule has 1 aliphatic rings. The molecule has 19 heavy (non-hydrogen) atoms. The monoisotopic (exact) mass is 276 g/mol. The summed E-state index contributed by atoms with van der Waals surface area (Å²) in [6.07, 6.45) is 2.29. The van der Waals surface area contributed by atoms with Gasteiger partial charge in [0.2, 0.25) is 0 Å². The van der Waals surface area contributed by atoms with Crippen molar-refractivity contribution in [2.24, 2.45) is 0 Å². The molecule has 5 heteroatoms. The Kier molecular flexibility index (Phi) is 3.40. The Balaban J connectivity index is 1.70. The minimum atomic E-state index is -0.0322. The summed E-state index contributed by atoms with van der Waals surface area (Å²) in [5.41, 5.74) is 6.46. The first kappa shape index (κ1) is 12.4. The van der Waals surface area contributed by atoms with E-state index in [1.165, 1.54) is 11.3 Å². The Hall–Kier alpha value is -1.59. The van der Waals surface area contributed by atoms with Gasteiger partial charge in [-0.2, -0.15) is 0 Å². The topological polar surface area (TPSA) is 64.4 Å². The minimum absolute atomic E-state index is 0.0322. The smallest absolute Gasteiger partial charge is 0.261 e. The molecule has 0 radical (unpaired) electrons. The van der Waals surface area contributed by atoms with Crippen LogP contribution in [-0.4, -0.2) is 25.2 Å². The van der Waals surface area contributed by atoms with Crippen LogP contribution in [0.1, 0.15) is 22.5 Å². The Bertz CT molecular complexity index is 603. The van der Waals surface area contributed by atoms with Gasteiger partial charge in [0.1, 0.15) is 0 Å². The van der Waals surface area contributed by atoms with Gasteiger partial charge >= 0.3 is 0 Å². The van der Waals surface area contributed by atoms with Crippen LogP contribution in [-0.2, 0) is 4.74 Å². The number of anilines is 1. The summed E-state index contributed by atoms with van der Waals surface area (Å²) in [6, 6.07) is 7.59. The zero-order valence-corrected chi connectivity index (χ0v) is 11.3. The lowest BCUT2D eigenvalue weighted by Crippen LogP contribution is -2.31. The van der Waals surface area contributed by atoms with Gasteiger partial charge in [0.15, 0.2) is 0 Å². The van der Waals surface area contributed by atoms with Gasteiger partial charge in [-0.15, -0.1) is 11.3 Å². The molecule has 100 valence electrons. The fraction of sp³-hybridized carbons (Fsp3) is 0.357. The summed E-state index contributed by atoms with van der Waals surface area (Å²) < 4.78 is 6.57. The molecule has 1 saturated heterocycles. The summed E-state index contributed by atoms with van der Waals surface area (Å²) in [4.78, 5) is 12.8. The number of carbonyl (C=O) groups is 1. The molecule has 3 N–H and O–H groups in total. The molecular formula is C14H16N2O2S. The molecule has 2 heterocycles. The Labute approximate surface area is 115 Å². The van der Waals surface area contributed by atoms with Crippen LogP contribution in [0.25, 0.3) is 10.1 Å². The lowest BCUT2D eigenvalue weighted by Gasteiger charge is -2.09. The summed E-state index contributed by atoms with van der Waals surface area (Å²) >= 11 is 1.49. The maximum Gasteiger partial charge on any atom is 0.261 e. The van der Waals surface area contributed by atoms with Gasteiger partial charge in [-0.05, 0) is 42.5 Å². The van der Waals surface area contributed by atoms with Gasteiger partial charge in [0, 0.05) is 23.5 Å². The first-order valence-corrected chi connectivity index (χ1v) is 7.23. The van der Waals surface area contributed by atoms with Gasteiger partial charge in [0.25, 0.3) is 5.91 Å². The number of fused-ring (bicyclic) bond motifs is 1. The largest absolute Gasteiger partial charge is 0.399 e. The zero-order valence-electron chi connectivity index (χ0n) is 10.5. The SMILES string of the molecule is Nc1ccc2sc(C(=O)NCC3CCCO3)cc2c1. The molecule has 0 aliphatic carbocycles. The molecule has 4 nitrogen and oxygen atoms in total. The molecule has 1 atom stereocenters. The number of hydrogen-bond acceptors (Lipinski definition) is 4. The second kappa shape index (κ2) is 5.19. The molecule has 2 aromatic rings. The van der Waals surface area contributed by atoms with Crippen molar-refractivity contribution in [1.82, 2.24) is 5.32 Å². The van der Waals surface area contributed by atoms with Crippen molar-refractivity contribution in [2.75, 3.05) is 18.9 Å². The van der Waals surface area contributed by atoms with Gasteiger partial charge in [-0.3, -0.25) is 4.79 Å². The molecule has 3 rings (SSSR count). The number of hydrogen-bond donors (Lipinski definition) is 2. The summed E-state index contributed by atoms with van der Waals surface area (Å²) in [5, 5.41) is 3.95. The number of nitrogen functional groups attached to an aromatic ring is 1. The van der Waals surface area contributed by atoms with Crippen LogP contribution in [0.5, 0.6) is 0 Å². The van der Waals surface area contributed by atoms with Crippen molar-refractivity contribution < 1.29 is 9.53 Å². The zero-order chi connectivity index (χ0) is 13.2. The van der Waals surface area contributed by atoms with Crippen LogP contribution >= 0.6 is 11.3 Å². The molecule has 0 saturated carbocycles. The van der Waals surface area contributed by atoms with Crippen molar-refractivity contribution in [1.29, 1.82) is 0 Å². The Morgan fingerprint density at radius 3 is 3.16 bits per heavy atom. The second-order valence-corrected chi connectivity index (χ2v) is 5.84. The third-order valence-corrected chi connectivity index (χ3v) is 4.39. The van der Waals surface area contributed by atoms with E-state index in [0.717, 1.165) is 40.1 Å². The van der Waals surface area contributed by atoms with E-state index < -0.39 is 0 Å². The van der Waals surface area contributed by atoms with E-state index in [-0.39, 0.29) is 12.0 Å². The van der Waals surface area contributed by atoms with Crippen LogP contribution in [0, 0.1) is 0 Å². The lowest BCUT2D eigenvalue weighted by molar-refractivity contribution is 0.0861. The highest BCUT2D eigenvalue weighted by molar-refractivity contribution is 7.20. The molecule has 1 fully saturated rings. The molecule has 1 aromatic carbocycles. The van der Waals surface area contributed by atoms with E-state index in [1.807, 2.05) is 24.3 Å². The van der Waals surface area contributed by atoms with E-state index in [1.54, 1.807) is 0 Å². The van der Waals surface area contributed by atoms with Crippen molar-refractivity contribution in [2.45, 2.75) is 18.9 Å². The predicted octanol–water partition coefficient (Wildman–Crippen LogP) is 2.39. The number of benzene rings is 1. The number of thiophene rings is 1. The molecule has 0 spiro atoms. The fourth-order valence-corrected chi connectivity index (χ4v) is 3.23. The van der Waals surface area contributed by atoms with E-state index in [2.05, 4.69) is 5.32 Å². The lowest BCUT2D eigenvalue weighted by atomic mass is 10.2. The highest BCUT2D eigenvalue weighted by Gasteiger charge is 2.17. The molecular weight excluding hydrogens is 260 g/mol. The average Bonchev–Trinajstić information content (AvgIpc) is 3.04. The first-order chi connectivity index (χ1) is 9.22. The molecule has 1 aromatic heterocycles. The fourth-order valence-electron chi connectivity index (χ4n) is 2.27. The molecule has 1 amide bonds. The molecule has 1 aliphatic heterocycles. The van der Waals surface area contributed by atoms with Gasteiger partial charge in [0.05, 0.1) is 11.0 Å². The highest BCUT2D eigenvalue weighted by Crippen LogP contribution is 2.27. The summed E-state index contributed by atoms with van der Waals surface area (Å²) in [6.45, 7) is 1.40. The van der Waals surface area contributed by atoms with Crippen LogP contribution in [0.15, 0.2) is 24.3 Å². The Morgan fingerprint density at radius 1 is 1.47 bits per heavy atom. The number of rotatable bonds is 3. The van der Waals surface area contributed by atoms with Crippen molar-refractivity contribution >= 4 is 33.0 Å². The number of carbonyl (C=O) groups excluding carboxylic acids is 1. The quantitative estimate of drug-likeness (QED) is 0.846. The van der Waals surface area contributed by atoms with E-state index >= 15 is 0 Å². The summed E-state index contributed by atoms with van der Waals surface area (Å²) in [5.74, 6) is -0.0322. The number of ether oxygens (including phenoxy) is 1. The van der Waals surface area contributed by atoms with Crippen LogP contribution in [0.3, 0.4) is 0 Å². The third kappa shape index (κ3) is 2.72.